The molecule has 0 aromatic rings. The Balaban J connectivity index is 4.57. The number of esters is 1. The summed E-state index contributed by atoms with van der Waals surface area (Å²) < 4.78 is 9.64. The molecule has 0 fully saturated rings. The average molecular weight is 317 g/mol. The lowest BCUT2D eigenvalue weighted by Gasteiger charge is -2.27. The number of amides is 1. The Morgan fingerprint density at radius 2 is 1.77 bits per heavy atom. The van der Waals surface area contributed by atoms with Gasteiger partial charge in [0.25, 0.3) is 0 Å². The molecule has 7 nitrogen and oxygen atoms in total. The maximum atomic E-state index is 11.8. The van der Waals surface area contributed by atoms with Gasteiger partial charge in [0.15, 0.2) is 0 Å². The lowest BCUT2D eigenvalue weighted by Crippen LogP contribution is -2.53. The number of aliphatic carboxylic acids is 1. The Kier molecular flexibility index (Phi) is 8.52. The summed E-state index contributed by atoms with van der Waals surface area (Å²) in [5, 5.41) is 11.7. The zero-order valence-corrected chi connectivity index (χ0v) is 14.0. The van der Waals surface area contributed by atoms with Crippen molar-refractivity contribution in [2.75, 3.05) is 0 Å². The van der Waals surface area contributed by atoms with E-state index in [1.807, 2.05) is 13.8 Å². The van der Waals surface area contributed by atoms with Crippen LogP contribution in [-0.4, -0.2) is 35.0 Å². The number of carbonyl (C=O) groups is 3. The maximum absolute atomic E-state index is 11.8. The van der Waals surface area contributed by atoms with Gasteiger partial charge in [0.05, 0.1) is 0 Å². The quantitative estimate of drug-likeness (QED) is 0.501. The first-order valence-corrected chi connectivity index (χ1v) is 7.56. The van der Waals surface area contributed by atoms with Gasteiger partial charge in [-0.25, -0.2) is 9.59 Å². The molecule has 128 valence electrons. The van der Waals surface area contributed by atoms with E-state index in [0.717, 1.165) is 6.42 Å². The molecule has 0 aromatic heterocycles. The van der Waals surface area contributed by atoms with Gasteiger partial charge in [-0.05, 0) is 25.7 Å². The van der Waals surface area contributed by atoms with E-state index in [9.17, 15) is 19.5 Å². The van der Waals surface area contributed by atoms with Gasteiger partial charge in [0.1, 0.15) is 5.54 Å². The number of carboxylic acid groups (broad SMARTS) is 1. The molecule has 0 spiro atoms. The number of nitrogens with one attached hydrogen (secondary N) is 1. The molecule has 1 amide bonds. The van der Waals surface area contributed by atoms with E-state index in [1.165, 1.54) is 13.8 Å². The Morgan fingerprint density at radius 3 is 2.23 bits per heavy atom. The zero-order chi connectivity index (χ0) is 17.3. The minimum atomic E-state index is -1.42. The van der Waals surface area contributed by atoms with Crippen LogP contribution in [0.5, 0.6) is 0 Å². The van der Waals surface area contributed by atoms with Gasteiger partial charge in [-0.1, -0.05) is 27.2 Å². The van der Waals surface area contributed by atoms with Gasteiger partial charge in [-0.2, -0.15) is 0 Å². The van der Waals surface area contributed by atoms with Gasteiger partial charge in [0.2, 0.25) is 6.29 Å². The minimum absolute atomic E-state index is 0.164. The summed E-state index contributed by atoms with van der Waals surface area (Å²) in [5.74, 6) is -1.27. The predicted molar refractivity (Wildman–Crippen MR) is 80.2 cm³/mol. The average Bonchev–Trinajstić information content (AvgIpc) is 2.43. The van der Waals surface area contributed by atoms with E-state index in [1.54, 1.807) is 6.92 Å². The second-order valence-corrected chi connectivity index (χ2v) is 5.63. The van der Waals surface area contributed by atoms with E-state index in [4.69, 9.17) is 9.47 Å². The van der Waals surface area contributed by atoms with Gasteiger partial charge in [0, 0.05) is 13.3 Å². The third kappa shape index (κ3) is 7.28. The van der Waals surface area contributed by atoms with Crippen molar-refractivity contribution < 1.29 is 29.0 Å². The van der Waals surface area contributed by atoms with Crippen LogP contribution in [0.1, 0.15) is 60.3 Å². The van der Waals surface area contributed by atoms with Crippen molar-refractivity contribution >= 4 is 18.0 Å². The first-order valence-electron chi connectivity index (χ1n) is 7.56. The van der Waals surface area contributed by atoms with Crippen molar-refractivity contribution in [1.82, 2.24) is 5.32 Å². The van der Waals surface area contributed by atoms with Crippen molar-refractivity contribution in [2.24, 2.45) is 5.92 Å². The fourth-order valence-electron chi connectivity index (χ4n) is 1.66. The van der Waals surface area contributed by atoms with Gasteiger partial charge >= 0.3 is 18.0 Å². The van der Waals surface area contributed by atoms with Crippen LogP contribution in [0.15, 0.2) is 0 Å². The standard InChI is InChI=1S/C15H27NO6/c1-6-10(3)8-9-15(5,13(18)19)16-14(20)22-11(4)21-12(17)7-2/h10-11H,6-9H2,1-5H3,(H,16,20)(H,18,19)/t10-,11-,15+/m1/s1. The number of carbonyl (C=O) groups excluding carboxylic acids is 2. The summed E-state index contributed by atoms with van der Waals surface area (Å²) in [6.45, 7) is 8.48. The number of alkyl carbamates (subject to hydrolysis) is 1. The van der Waals surface area contributed by atoms with Gasteiger partial charge in [-0.3, -0.25) is 4.79 Å². The summed E-state index contributed by atoms with van der Waals surface area (Å²) in [6, 6.07) is 0. The highest BCUT2D eigenvalue weighted by atomic mass is 16.7. The topological polar surface area (TPSA) is 102 Å². The molecule has 2 N–H and O–H groups in total. The van der Waals surface area contributed by atoms with Crippen LogP contribution < -0.4 is 5.32 Å². The lowest BCUT2D eigenvalue weighted by atomic mass is 9.90. The lowest BCUT2D eigenvalue weighted by molar-refractivity contribution is -0.165. The second-order valence-electron chi connectivity index (χ2n) is 5.63. The van der Waals surface area contributed by atoms with Crippen LogP contribution in [0.25, 0.3) is 0 Å². The number of rotatable bonds is 9. The van der Waals surface area contributed by atoms with Crippen molar-refractivity contribution in [3.63, 3.8) is 0 Å². The number of hydrogen-bond donors (Lipinski definition) is 2. The monoisotopic (exact) mass is 317 g/mol. The molecule has 0 radical (unpaired) electrons. The van der Waals surface area contributed by atoms with Crippen LogP contribution in [0.2, 0.25) is 0 Å². The van der Waals surface area contributed by atoms with Crippen molar-refractivity contribution in [2.45, 2.75) is 72.1 Å². The van der Waals surface area contributed by atoms with E-state index >= 15 is 0 Å². The van der Waals surface area contributed by atoms with Crippen molar-refractivity contribution in [1.29, 1.82) is 0 Å². The molecular weight excluding hydrogens is 290 g/mol. The highest BCUT2D eigenvalue weighted by Crippen LogP contribution is 2.19. The Labute approximate surface area is 131 Å². The zero-order valence-electron chi connectivity index (χ0n) is 14.0. The highest BCUT2D eigenvalue weighted by molar-refractivity contribution is 5.83. The summed E-state index contributed by atoms with van der Waals surface area (Å²) >= 11 is 0. The van der Waals surface area contributed by atoms with E-state index < -0.39 is 29.9 Å². The van der Waals surface area contributed by atoms with Crippen LogP contribution in [0.3, 0.4) is 0 Å². The minimum Gasteiger partial charge on any atom is -0.480 e. The van der Waals surface area contributed by atoms with Gasteiger partial charge < -0.3 is 19.9 Å². The van der Waals surface area contributed by atoms with Crippen LogP contribution >= 0.6 is 0 Å². The predicted octanol–water partition coefficient (Wildman–Crippen LogP) is 2.68. The Morgan fingerprint density at radius 1 is 1.18 bits per heavy atom. The highest BCUT2D eigenvalue weighted by Gasteiger charge is 2.35. The molecule has 0 heterocycles. The fourth-order valence-corrected chi connectivity index (χ4v) is 1.66. The molecular formula is C15H27NO6. The molecule has 7 heteroatoms. The molecule has 0 unspecified atom stereocenters. The number of ether oxygens (including phenoxy) is 2. The largest absolute Gasteiger partial charge is 0.480 e. The summed E-state index contributed by atoms with van der Waals surface area (Å²) in [5.41, 5.74) is -1.42. The van der Waals surface area contributed by atoms with Crippen LogP contribution in [0.4, 0.5) is 4.79 Å². The van der Waals surface area contributed by atoms with E-state index in [2.05, 4.69) is 5.32 Å². The molecule has 0 aliphatic heterocycles. The molecule has 0 aliphatic carbocycles. The third-order valence-electron chi connectivity index (χ3n) is 3.54. The maximum Gasteiger partial charge on any atom is 0.411 e. The Bertz CT molecular complexity index is 397. The molecule has 0 rings (SSSR count). The fraction of sp³-hybridized carbons (Fsp3) is 0.800. The summed E-state index contributed by atoms with van der Waals surface area (Å²) in [6.07, 6.45) is 0.0574. The van der Waals surface area contributed by atoms with Crippen LogP contribution in [0, 0.1) is 5.92 Å². The smallest absolute Gasteiger partial charge is 0.411 e. The number of carboxylic acids is 1. The number of hydrogen-bond acceptors (Lipinski definition) is 5. The molecule has 0 bridgehead atoms. The second kappa shape index (κ2) is 9.27. The first kappa shape index (κ1) is 20.2. The molecule has 0 aromatic carbocycles. The van der Waals surface area contributed by atoms with Gasteiger partial charge in [-0.15, -0.1) is 0 Å². The SMILES string of the molecule is CCC(=O)O[C@@H](C)OC(=O)N[C@@](C)(CC[C@H](C)CC)C(=O)O. The first-order chi connectivity index (χ1) is 10.1. The Hall–Kier alpha value is -1.79. The summed E-state index contributed by atoms with van der Waals surface area (Å²) in [7, 11) is 0. The van der Waals surface area contributed by atoms with E-state index in [0.29, 0.717) is 12.3 Å². The molecule has 0 saturated carbocycles. The van der Waals surface area contributed by atoms with Crippen LogP contribution in [-0.2, 0) is 19.1 Å². The van der Waals surface area contributed by atoms with Crippen molar-refractivity contribution in [3.05, 3.63) is 0 Å². The van der Waals surface area contributed by atoms with Crippen molar-refractivity contribution in [3.8, 4) is 0 Å². The van der Waals surface area contributed by atoms with E-state index in [-0.39, 0.29) is 12.8 Å². The molecule has 0 saturated heterocycles. The summed E-state index contributed by atoms with van der Waals surface area (Å²) in [4.78, 5) is 34.3. The molecule has 3 atom stereocenters. The molecule has 0 aliphatic rings. The molecule has 22 heavy (non-hydrogen) atoms. The normalized spacial score (nSPS) is 16.0. The third-order valence-corrected chi connectivity index (χ3v) is 3.54.